The third kappa shape index (κ3) is 5.31. The molecular formula is C14H30N2. The molecular weight excluding hydrogens is 196 g/mol. The summed E-state index contributed by atoms with van der Waals surface area (Å²) < 4.78 is 0. The summed E-state index contributed by atoms with van der Waals surface area (Å²) in [4.78, 5) is 2.67. The quantitative estimate of drug-likeness (QED) is 0.718. The van der Waals surface area contributed by atoms with E-state index in [4.69, 9.17) is 0 Å². The molecule has 1 aliphatic rings. The van der Waals surface area contributed by atoms with Gasteiger partial charge in [0.1, 0.15) is 0 Å². The van der Waals surface area contributed by atoms with Gasteiger partial charge in [-0.2, -0.15) is 0 Å². The fraction of sp³-hybridized carbons (Fsp3) is 1.00. The van der Waals surface area contributed by atoms with Crippen LogP contribution in [0.1, 0.15) is 52.9 Å². The molecule has 0 amide bonds. The van der Waals surface area contributed by atoms with Gasteiger partial charge in [-0.1, -0.05) is 20.3 Å². The van der Waals surface area contributed by atoms with E-state index in [0.717, 1.165) is 5.92 Å². The van der Waals surface area contributed by atoms with Gasteiger partial charge in [0.25, 0.3) is 0 Å². The lowest BCUT2D eigenvalue weighted by Crippen LogP contribution is -2.38. The summed E-state index contributed by atoms with van der Waals surface area (Å²) in [6, 6.07) is 0.682. The number of hydrogen-bond donors (Lipinski definition) is 1. The predicted molar refractivity (Wildman–Crippen MR) is 71.8 cm³/mol. The first-order valence-corrected chi connectivity index (χ1v) is 7.22. The summed E-state index contributed by atoms with van der Waals surface area (Å²) in [6.45, 7) is 12.0. The van der Waals surface area contributed by atoms with E-state index in [2.05, 4.69) is 31.0 Å². The summed E-state index contributed by atoms with van der Waals surface area (Å²) in [6.07, 6.45) is 6.77. The fourth-order valence-corrected chi connectivity index (χ4v) is 2.56. The molecule has 0 aliphatic carbocycles. The largest absolute Gasteiger partial charge is 0.314 e. The maximum Gasteiger partial charge on any atom is 0.00508 e. The fourth-order valence-electron chi connectivity index (χ4n) is 2.56. The highest BCUT2D eigenvalue weighted by atomic mass is 15.1. The van der Waals surface area contributed by atoms with E-state index in [0.29, 0.717) is 6.04 Å². The van der Waals surface area contributed by atoms with Crippen LogP contribution in [0.4, 0.5) is 0 Å². The van der Waals surface area contributed by atoms with Crippen molar-refractivity contribution in [3.63, 3.8) is 0 Å². The minimum absolute atomic E-state index is 0.682. The van der Waals surface area contributed by atoms with E-state index < -0.39 is 0 Å². The van der Waals surface area contributed by atoms with Crippen LogP contribution >= 0.6 is 0 Å². The zero-order valence-corrected chi connectivity index (χ0v) is 11.5. The normalized spacial score (nSPS) is 24.6. The van der Waals surface area contributed by atoms with Crippen LogP contribution in [0, 0.1) is 5.92 Å². The van der Waals surface area contributed by atoms with Crippen LogP contribution in [0.5, 0.6) is 0 Å². The zero-order valence-electron chi connectivity index (χ0n) is 11.5. The van der Waals surface area contributed by atoms with Gasteiger partial charge in [0.05, 0.1) is 0 Å². The van der Waals surface area contributed by atoms with Crippen molar-refractivity contribution in [2.45, 2.75) is 58.9 Å². The Labute approximate surface area is 102 Å². The van der Waals surface area contributed by atoms with Gasteiger partial charge in [0.15, 0.2) is 0 Å². The number of nitrogens with one attached hydrogen (secondary N) is 1. The molecule has 0 saturated carbocycles. The van der Waals surface area contributed by atoms with Crippen molar-refractivity contribution in [1.82, 2.24) is 10.2 Å². The van der Waals surface area contributed by atoms with Crippen molar-refractivity contribution in [3.8, 4) is 0 Å². The third-order valence-electron chi connectivity index (χ3n) is 3.80. The van der Waals surface area contributed by atoms with E-state index in [9.17, 15) is 0 Å². The van der Waals surface area contributed by atoms with Crippen LogP contribution in [-0.4, -0.2) is 37.1 Å². The lowest BCUT2D eigenvalue weighted by Gasteiger charge is -2.32. The van der Waals surface area contributed by atoms with Gasteiger partial charge in [0, 0.05) is 12.6 Å². The topological polar surface area (TPSA) is 15.3 Å². The van der Waals surface area contributed by atoms with Crippen LogP contribution in [0.15, 0.2) is 0 Å². The van der Waals surface area contributed by atoms with Crippen molar-refractivity contribution in [2.24, 2.45) is 5.92 Å². The summed E-state index contributed by atoms with van der Waals surface area (Å²) in [7, 11) is 0. The lowest BCUT2D eigenvalue weighted by atomic mass is 9.95. The van der Waals surface area contributed by atoms with Gasteiger partial charge in [-0.3, -0.25) is 0 Å². The number of likely N-dealkylation sites (tertiary alicyclic amines) is 1. The van der Waals surface area contributed by atoms with Gasteiger partial charge in [-0.15, -0.1) is 0 Å². The van der Waals surface area contributed by atoms with Crippen molar-refractivity contribution in [2.75, 3.05) is 26.2 Å². The SMILES string of the molecule is CCCNC(C)CCN1CCCC(CC)C1. The van der Waals surface area contributed by atoms with Crippen molar-refractivity contribution < 1.29 is 0 Å². The van der Waals surface area contributed by atoms with Crippen molar-refractivity contribution in [1.29, 1.82) is 0 Å². The molecule has 0 aromatic carbocycles. The molecule has 96 valence electrons. The van der Waals surface area contributed by atoms with E-state index >= 15 is 0 Å². The Balaban J connectivity index is 2.11. The molecule has 0 spiro atoms. The highest BCUT2D eigenvalue weighted by molar-refractivity contribution is 4.73. The minimum Gasteiger partial charge on any atom is -0.314 e. The molecule has 1 N–H and O–H groups in total. The van der Waals surface area contributed by atoms with E-state index in [1.54, 1.807) is 0 Å². The zero-order chi connectivity index (χ0) is 11.8. The Morgan fingerprint density at radius 2 is 2.19 bits per heavy atom. The molecule has 0 radical (unpaired) electrons. The van der Waals surface area contributed by atoms with Crippen LogP contribution < -0.4 is 5.32 Å². The van der Waals surface area contributed by atoms with Crippen LogP contribution in [0.3, 0.4) is 0 Å². The average molecular weight is 226 g/mol. The molecule has 1 saturated heterocycles. The summed E-state index contributed by atoms with van der Waals surface area (Å²) in [5, 5.41) is 3.57. The summed E-state index contributed by atoms with van der Waals surface area (Å²) in [5.74, 6) is 0.965. The molecule has 2 atom stereocenters. The predicted octanol–water partition coefficient (Wildman–Crippen LogP) is 2.89. The summed E-state index contributed by atoms with van der Waals surface area (Å²) >= 11 is 0. The maximum atomic E-state index is 3.57. The van der Waals surface area contributed by atoms with Gasteiger partial charge < -0.3 is 10.2 Å². The molecule has 2 heteroatoms. The van der Waals surface area contributed by atoms with Crippen LogP contribution in [0.2, 0.25) is 0 Å². The van der Waals surface area contributed by atoms with Crippen molar-refractivity contribution >= 4 is 0 Å². The first kappa shape index (κ1) is 14.0. The molecule has 1 rings (SSSR count). The third-order valence-corrected chi connectivity index (χ3v) is 3.80. The van der Waals surface area contributed by atoms with E-state index in [1.165, 1.54) is 58.3 Å². The van der Waals surface area contributed by atoms with Gasteiger partial charge >= 0.3 is 0 Å². The second-order valence-corrected chi connectivity index (χ2v) is 5.36. The Morgan fingerprint density at radius 1 is 1.38 bits per heavy atom. The van der Waals surface area contributed by atoms with E-state index in [-0.39, 0.29) is 0 Å². The smallest absolute Gasteiger partial charge is 0.00508 e. The second-order valence-electron chi connectivity index (χ2n) is 5.36. The highest BCUT2D eigenvalue weighted by Crippen LogP contribution is 2.19. The van der Waals surface area contributed by atoms with Crippen molar-refractivity contribution in [3.05, 3.63) is 0 Å². The first-order valence-electron chi connectivity index (χ1n) is 7.22. The number of piperidine rings is 1. The Hall–Kier alpha value is -0.0800. The monoisotopic (exact) mass is 226 g/mol. The second kappa shape index (κ2) is 8.08. The van der Waals surface area contributed by atoms with Gasteiger partial charge in [-0.05, 0) is 58.2 Å². The van der Waals surface area contributed by atoms with Gasteiger partial charge in [-0.25, -0.2) is 0 Å². The maximum absolute atomic E-state index is 3.57. The molecule has 2 unspecified atom stereocenters. The summed E-state index contributed by atoms with van der Waals surface area (Å²) in [5.41, 5.74) is 0. The molecule has 1 heterocycles. The minimum atomic E-state index is 0.682. The van der Waals surface area contributed by atoms with Gasteiger partial charge in [0.2, 0.25) is 0 Å². The molecule has 1 fully saturated rings. The Bertz CT molecular complexity index is 170. The average Bonchev–Trinajstić information content (AvgIpc) is 2.34. The molecule has 0 aromatic rings. The molecule has 2 nitrogen and oxygen atoms in total. The number of hydrogen-bond acceptors (Lipinski definition) is 2. The van der Waals surface area contributed by atoms with Crippen LogP contribution in [-0.2, 0) is 0 Å². The number of nitrogens with zero attached hydrogens (tertiary/aromatic N) is 1. The highest BCUT2D eigenvalue weighted by Gasteiger charge is 2.18. The number of rotatable bonds is 7. The molecule has 16 heavy (non-hydrogen) atoms. The standard InChI is InChI=1S/C14H30N2/c1-4-9-15-13(3)8-11-16-10-6-7-14(5-2)12-16/h13-15H,4-12H2,1-3H3. The molecule has 0 aromatic heterocycles. The Morgan fingerprint density at radius 3 is 2.88 bits per heavy atom. The molecule has 0 bridgehead atoms. The van der Waals surface area contributed by atoms with E-state index in [1.807, 2.05) is 0 Å². The molecule has 1 aliphatic heterocycles. The van der Waals surface area contributed by atoms with Crippen LogP contribution in [0.25, 0.3) is 0 Å². The first-order chi connectivity index (χ1) is 7.76. The Kier molecular flexibility index (Phi) is 7.06. The lowest BCUT2D eigenvalue weighted by molar-refractivity contribution is 0.165.